The number of likely N-dealkylation sites (tertiary alicyclic amines) is 1. The maximum atomic E-state index is 12.2. The number of rotatable bonds is 4. The highest BCUT2D eigenvalue weighted by Gasteiger charge is 2.54. The van der Waals surface area contributed by atoms with Crippen LogP contribution in [0.3, 0.4) is 0 Å². The first-order chi connectivity index (χ1) is 12.2. The Morgan fingerprint density at radius 1 is 1.36 bits per heavy atom. The molecule has 136 valence electrons. The summed E-state index contributed by atoms with van der Waals surface area (Å²) in [5.41, 5.74) is 3.20. The molecule has 4 rings (SSSR count). The maximum absolute atomic E-state index is 12.2. The van der Waals surface area contributed by atoms with Crippen molar-refractivity contribution in [3.05, 3.63) is 29.3 Å². The number of hydrogen-bond donors (Lipinski definition) is 0. The summed E-state index contributed by atoms with van der Waals surface area (Å²) < 4.78 is 5.94. The van der Waals surface area contributed by atoms with Crippen molar-refractivity contribution in [3.8, 4) is 5.75 Å². The summed E-state index contributed by atoms with van der Waals surface area (Å²) in [6.45, 7) is 3.33. The van der Waals surface area contributed by atoms with Crippen LogP contribution < -0.4 is 4.74 Å². The van der Waals surface area contributed by atoms with Crippen LogP contribution in [-0.4, -0.2) is 35.9 Å². The van der Waals surface area contributed by atoms with Crippen molar-refractivity contribution in [2.75, 3.05) is 19.0 Å². The second-order valence-electron chi connectivity index (χ2n) is 7.95. The van der Waals surface area contributed by atoms with E-state index in [1.54, 1.807) is 6.92 Å². The molecule has 1 heterocycles. The zero-order valence-electron chi connectivity index (χ0n) is 15.1. The number of amides is 1. The molecule has 2 aliphatic carbocycles. The number of benzene rings is 1. The number of piperidine rings is 1. The molecule has 3 aliphatic rings. The topological polar surface area (TPSA) is 29.5 Å². The Morgan fingerprint density at radius 3 is 3.04 bits per heavy atom. The average Bonchev–Trinajstić information content (AvgIpc) is 2.62. The van der Waals surface area contributed by atoms with Gasteiger partial charge in [-0.3, -0.25) is 4.79 Å². The minimum atomic E-state index is 0.244. The van der Waals surface area contributed by atoms with Gasteiger partial charge >= 0.3 is 0 Å². The van der Waals surface area contributed by atoms with E-state index in [1.807, 2.05) is 0 Å². The first-order valence-electron chi connectivity index (χ1n) is 9.75. The van der Waals surface area contributed by atoms with Gasteiger partial charge in [0.25, 0.3) is 0 Å². The number of ether oxygens (including phenoxy) is 1. The minimum absolute atomic E-state index is 0.244. The van der Waals surface area contributed by atoms with E-state index in [0.717, 1.165) is 31.6 Å². The zero-order chi connectivity index (χ0) is 17.4. The van der Waals surface area contributed by atoms with Crippen LogP contribution in [0, 0.1) is 5.92 Å². The van der Waals surface area contributed by atoms with E-state index in [2.05, 4.69) is 23.1 Å². The molecule has 1 saturated carbocycles. The van der Waals surface area contributed by atoms with Gasteiger partial charge in [0.05, 0.1) is 6.61 Å². The van der Waals surface area contributed by atoms with Crippen LogP contribution in [0.4, 0.5) is 0 Å². The zero-order valence-corrected chi connectivity index (χ0v) is 15.9. The number of carbonyl (C=O) groups is 1. The van der Waals surface area contributed by atoms with Gasteiger partial charge in [-0.15, -0.1) is 11.6 Å². The van der Waals surface area contributed by atoms with Crippen molar-refractivity contribution >= 4 is 17.5 Å². The summed E-state index contributed by atoms with van der Waals surface area (Å²) in [7, 11) is 0. The second kappa shape index (κ2) is 6.83. The van der Waals surface area contributed by atoms with Crippen molar-refractivity contribution in [2.45, 2.75) is 63.3 Å². The lowest BCUT2D eigenvalue weighted by atomic mass is 9.52. The monoisotopic (exact) mass is 361 g/mol. The molecule has 3 nitrogen and oxygen atoms in total. The van der Waals surface area contributed by atoms with Gasteiger partial charge in [-0.05, 0) is 61.3 Å². The van der Waals surface area contributed by atoms with Gasteiger partial charge in [0.15, 0.2) is 0 Å². The van der Waals surface area contributed by atoms with E-state index >= 15 is 0 Å². The average molecular weight is 362 g/mol. The third-order valence-electron chi connectivity index (χ3n) is 6.76. The lowest BCUT2D eigenvalue weighted by molar-refractivity contribution is -0.138. The smallest absolute Gasteiger partial charge is 0.219 e. The molecule has 1 aromatic rings. The van der Waals surface area contributed by atoms with Crippen LogP contribution >= 0.6 is 11.6 Å². The molecule has 25 heavy (non-hydrogen) atoms. The number of hydrogen-bond acceptors (Lipinski definition) is 2. The predicted molar refractivity (Wildman–Crippen MR) is 100 cm³/mol. The van der Waals surface area contributed by atoms with E-state index in [1.165, 1.54) is 36.8 Å². The SMILES string of the molecule is CC(=O)N1CC[C@]23CCCC[C@H]2[C@H]1Cc1ccc(OCCCCl)cc13. The van der Waals surface area contributed by atoms with Crippen LogP contribution in [0.25, 0.3) is 0 Å². The Hall–Kier alpha value is -1.22. The summed E-state index contributed by atoms with van der Waals surface area (Å²) in [4.78, 5) is 14.3. The highest BCUT2D eigenvalue weighted by atomic mass is 35.5. The van der Waals surface area contributed by atoms with Crippen molar-refractivity contribution in [1.29, 1.82) is 0 Å². The number of carbonyl (C=O) groups excluding carboxylic acids is 1. The number of alkyl halides is 1. The molecule has 0 radical (unpaired) electrons. The normalized spacial score (nSPS) is 30.4. The third-order valence-corrected chi connectivity index (χ3v) is 7.03. The van der Waals surface area contributed by atoms with Gasteiger partial charge in [0.2, 0.25) is 5.91 Å². The second-order valence-corrected chi connectivity index (χ2v) is 8.33. The Bertz CT molecular complexity index is 661. The molecule has 0 aromatic heterocycles. The van der Waals surface area contributed by atoms with Crippen molar-refractivity contribution < 1.29 is 9.53 Å². The van der Waals surface area contributed by atoms with Gasteiger partial charge in [-0.1, -0.05) is 18.9 Å². The fourth-order valence-corrected chi connectivity index (χ4v) is 5.82. The number of fused-ring (bicyclic) bond motifs is 1. The lowest BCUT2D eigenvalue weighted by Gasteiger charge is -2.59. The van der Waals surface area contributed by atoms with Crippen molar-refractivity contribution in [2.24, 2.45) is 5.92 Å². The summed E-state index contributed by atoms with van der Waals surface area (Å²) >= 11 is 5.77. The fraction of sp³-hybridized carbons (Fsp3) is 0.667. The summed E-state index contributed by atoms with van der Waals surface area (Å²) in [6.07, 6.45) is 8.11. The molecule has 2 bridgehead atoms. The van der Waals surface area contributed by atoms with Gasteiger partial charge in [-0.25, -0.2) is 0 Å². The molecular formula is C21H28ClNO2. The van der Waals surface area contributed by atoms with E-state index in [9.17, 15) is 4.79 Å². The fourth-order valence-electron chi connectivity index (χ4n) is 5.71. The van der Waals surface area contributed by atoms with Crippen LogP contribution in [0.5, 0.6) is 5.75 Å². The van der Waals surface area contributed by atoms with Gasteiger partial charge in [-0.2, -0.15) is 0 Å². The first-order valence-corrected chi connectivity index (χ1v) is 10.3. The molecule has 2 fully saturated rings. The van der Waals surface area contributed by atoms with Crippen LogP contribution in [-0.2, 0) is 16.6 Å². The maximum Gasteiger partial charge on any atom is 0.219 e. The summed E-state index contributed by atoms with van der Waals surface area (Å²) in [6, 6.07) is 7.04. The number of nitrogens with zero attached hydrogens (tertiary/aromatic N) is 1. The van der Waals surface area contributed by atoms with Gasteiger partial charge in [0, 0.05) is 30.8 Å². The molecular weight excluding hydrogens is 334 g/mol. The lowest BCUT2D eigenvalue weighted by Crippen LogP contribution is -2.61. The Kier molecular flexibility index (Phi) is 4.70. The van der Waals surface area contributed by atoms with Crippen molar-refractivity contribution in [3.63, 3.8) is 0 Å². The molecule has 1 aromatic carbocycles. The molecule has 0 spiro atoms. The quantitative estimate of drug-likeness (QED) is 0.591. The Morgan fingerprint density at radius 2 is 2.24 bits per heavy atom. The molecule has 3 atom stereocenters. The van der Waals surface area contributed by atoms with Crippen LogP contribution in [0.15, 0.2) is 18.2 Å². The Balaban J connectivity index is 1.71. The predicted octanol–water partition coefficient (Wildman–Crippen LogP) is 4.30. The highest BCUT2D eigenvalue weighted by molar-refractivity contribution is 6.17. The molecule has 0 unspecified atom stereocenters. The van der Waals surface area contributed by atoms with E-state index < -0.39 is 0 Å². The van der Waals surface area contributed by atoms with Crippen molar-refractivity contribution in [1.82, 2.24) is 4.90 Å². The third kappa shape index (κ3) is 2.85. The number of halogens is 1. The molecule has 4 heteroatoms. The van der Waals surface area contributed by atoms with Gasteiger partial charge in [0.1, 0.15) is 5.75 Å². The molecule has 1 amide bonds. The first kappa shape index (κ1) is 17.2. The largest absolute Gasteiger partial charge is 0.494 e. The standard InChI is InChI=1S/C21H28ClNO2/c1-15(24)23-11-9-21-8-3-2-5-18(21)20(23)13-16-6-7-17(14-19(16)21)25-12-4-10-22/h6-7,14,18,20H,2-5,8-13H2,1H3/t18-,20+,21+/m0/s1. The molecule has 0 N–H and O–H groups in total. The molecule has 1 aliphatic heterocycles. The van der Waals surface area contributed by atoms with Gasteiger partial charge < -0.3 is 9.64 Å². The summed E-state index contributed by atoms with van der Waals surface area (Å²) in [5.74, 6) is 2.48. The van der Waals surface area contributed by atoms with E-state index in [4.69, 9.17) is 16.3 Å². The summed E-state index contributed by atoms with van der Waals surface area (Å²) in [5, 5.41) is 0. The van der Waals surface area contributed by atoms with E-state index in [-0.39, 0.29) is 11.3 Å². The van der Waals surface area contributed by atoms with Crippen LogP contribution in [0.1, 0.15) is 56.6 Å². The molecule has 1 saturated heterocycles. The van der Waals surface area contributed by atoms with Crippen LogP contribution in [0.2, 0.25) is 0 Å². The Labute approximate surface area is 155 Å². The van der Waals surface area contributed by atoms with E-state index in [0.29, 0.717) is 24.4 Å². The highest BCUT2D eigenvalue weighted by Crippen LogP contribution is 2.56. The minimum Gasteiger partial charge on any atom is -0.494 e.